The summed E-state index contributed by atoms with van der Waals surface area (Å²) in [6.07, 6.45) is 4.12. The molecule has 1 heterocycles. The molecule has 0 spiro atoms. The third kappa shape index (κ3) is 2.49. The van der Waals surface area contributed by atoms with Gasteiger partial charge in [0.15, 0.2) is 0 Å². The molecule has 0 N–H and O–H groups in total. The molecular formula is C19H26O2. The van der Waals surface area contributed by atoms with Gasteiger partial charge in [-0.25, -0.2) is 0 Å². The standard InChI is InChI=1S/C19H26O2/c1-17(2,3)14-8-13(10-19(11-20)6-7-19)9-15-16(14)21-12-18(15,4)5/h8-9,11H,6-7,10,12H2,1-5H3. The van der Waals surface area contributed by atoms with E-state index in [1.165, 1.54) is 23.0 Å². The maximum absolute atomic E-state index is 11.3. The molecule has 2 aliphatic rings. The van der Waals surface area contributed by atoms with Crippen molar-refractivity contribution in [1.82, 2.24) is 0 Å². The molecule has 1 saturated carbocycles. The first kappa shape index (κ1) is 14.6. The second-order valence-corrected chi connectivity index (χ2v) is 8.60. The SMILES string of the molecule is CC(C)(C)c1cc(CC2(C=O)CC2)cc2c1OCC2(C)C. The molecule has 1 aromatic carbocycles. The van der Waals surface area contributed by atoms with Crippen molar-refractivity contribution in [2.24, 2.45) is 5.41 Å². The third-order valence-corrected chi connectivity index (χ3v) is 4.96. The minimum Gasteiger partial charge on any atom is -0.492 e. The van der Waals surface area contributed by atoms with Crippen molar-refractivity contribution in [3.8, 4) is 5.75 Å². The van der Waals surface area contributed by atoms with Crippen molar-refractivity contribution >= 4 is 6.29 Å². The summed E-state index contributed by atoms with van der Waals surface area (Å²) in [4.78, 5) is 11.3. The lowest BCUT2D eigenvalue weighted by atomic mass is 9.78. The van der Waals surface area contributed by atoms with Crippen molar-refractivity contribution in [3.63, 3.8) is 0 Å². The zero-order valence-electron chi connectivity index (χ0n) is 13.9. The van der Waals surface area contributed by atoms with E-state index < -0.39 is 0 Å². The molecule has 1 aliphatic heterocycles. The average Bonchev–Trinajstić information content (AvgIpc) is 3.09. The van der Waals surface area contributed by atoms with Crippen LogP contribution in [0.3, 0.4) is 0 Å². The number of rotatable bonds is 3. The second-order valence-electron chi connectivity index (χ2n) is 8.60. The molecule has 0 bridgehead atoms. The first-order valence-corrected chi connectivity index (χ1v) is 7.94. The predicted octanol–water partition coefficient (Wildman–Crippen LogP) is 4.18. The molecule has 0 atom stereocenters. The summed E-state index contributed by atoms with van der Waals surface area (Å²) < 4.78 is 6.03. The Morgan fingerprint density at radius 2 is 1.90 bits per heavy atom. The lowest BCUT2D eigenvalue weighted by Crippen LogP contribution is -2.19. The number of aldehydes is 1. The number of ether oxygens (including phenoxy) is 1. The molecule has 114 valence electrons. The second kappa shape index (κ2) is 4.34. The van der Waals surface area contributed by atoms with E-state index >= 15 is 0 Å². The van der Waals surface area contributed by atoms with E-state index in [-0.39, 0.29) is 16.2 Å². The molecule has 1 aromatic rings. The van der Waals surface area contributed by atoms with Gasteiger partial charge in [0.1, 0.15) is 12.0 Å². The molecule has 0 radical (unpaired) electrons. The maximum atomic E-state index is 11.3. The Morgan fingerprint density at radius 1 is 1.24 bits per heavy atom. The molecule has 2 heteroatoms. The van der Waals surface area contributed by atoms with Crippen LogP contribution in [0.25, 0.3) is 0 Å². The number of fused-ring (bicyclic) bond motifs is 1. The largest absolute Gasteiger partial charge is 0.492 e. The van der Waals surface area contributed by atoms with Gasteiger partial charge in [-0.15, -0.1) is 0 Å². The van der Waals surface area contributed by atoms with Crippen LogP contribution in [0.4, 0.5) is 0 Å². The molecule has 0 amide bonds. The molecule has 3 rings (SSSR count). The lowest BCUT2D eigenvalue weighted by molar-refractivity contribution is -0.112. The van der Waals surface area contributed by atoms with Crippen LogP contribution in [-0.4, -0.2) is 12.9 Å². The summed E-state index contributed by atoms with van der Waals surface area (Å²) in [6, 6.07) is 4.55. The van der Waals surface area contributed by atoms with Gasteiger partial charge in [-0.05, 0) is 30.2 Å². The first-order valence-electron chi connectivity index (χ1n) is 7.94. The summed E-state index contributed by atoms with van der Waals surface area (Å²) in [5.74, 6) is 1.08. The fourth-order valence-corrected chi connectivity index (χ4v) is 3.24. The average molecular weight is 286 g/mol. The number of benzene rings is 1. The Kier molecular flexibility index (Phi) is 3.02. The number of hydrogen-bond donors (Lipinski definition) is 0. The molecule has 0 saturated heterocycles. The van der Waals surface area contributed by atoms with E-state index in [0.29, 0.717) is 0 Å². The van der Waals surface area contributed by atoms with Gasteiger partial charge in [-0.2, -0.15) is 0 Å². The van der Waals surface area contributed by atoms with Crippen molar-refractivity contribution in [2.75, 3.05) is 6.61 Å². The minimum atomic E-state index is -0.0764. The van der Waals surface area contributed by atoms with Crippen LogP contribution in [0.5, 0.6) is 5.75 Å². The molecule has 1 aliphatic carbocycles. The summed E-state index contributed by atoms with van der Waals surface area (Å²) >= 11 is 0. The Bertz CT molecular complexity index is 586. The topological polar surface area (TPSA) is 26.3 Å². The third-order valence-electron chi connectivity index (χ3n) is 4.96. The summed E-state index contributed by atoms with van der Waals surface area (Å²) in [5.41, 5.74) is 3.92. The molecule has 1 fully saturated rings. The van der Waals surface area contributed by atoms with Crippen LogP contribution < -0.4 is 4.74 Å². The summed E-state index contributed by atoms with van der Waals surface area (Å²) in [5, 5.41) is 0. The fraction of sp³-hybridized carbons (Fsp3) is 0.632. The Labute approximate surface area is 127 Å². The van der Waals surface area contributed by atoms with Crippen LogP contribution in [0.15, 0.2) is 12.1 Å². The fourth-order valence-electron chi connectivity index (χ4n) is 3.24. The van der Waals surface area contributed by atoms with Crippen molar-refractivity contribution < 1.29 is 9.53 Å². The smallest absolute Gasteiger partial charge is 0.126 e. The predicted molar refractivity (Wildman–Crippen MR) is 85.1 cm³/mol. The highest BCUT2D eigenvalue weighted by atomic mass is 16.5. The van der Waals surface area contributed by atoms with E-state index in [0.717, 1.165) is 31.6 Å². The Hall–Kier alpha value is -1.31. The van der Waals surface area contributed by atoms with E-state index in [1.54, 1.807) is 0 Å². The highest BCUT2D eigenvalue weighted by molar-refractivity contribution is 5.65. The van der Waals surface area contributed by atoms with Gasteiger partial charge in [0, 0.05) is 22.0 Å². The first-order chi connectivity index (χ1) is 9.67. The van der Waals surface area contributed by atoms with Gasteiger partial charge in [-0.1, -0.05) is 46.8 Å². The zero-order valence-corrected chi connectivity index (χ0v) is 13.9. The van der Waals surface area contributed by atoms with Gasteiger partial charge >= 0.3 is 0 Å². The van der Waals surface area contributed by atoms with Crippen molar-refractivity contribution in [3.05, 3.63) is 28.8 Å². The maximum Gasteiger partial charge on any atom is 0.126 e. The summed E-state index contributed by atoms with van der Waals surface area (Å²) in [7, 11) is 0. The van der Waals surface area contributed by atoms with Crippen molar-refractivity contribution in [1.29, 1.82) is 0 Å². The number of carbonyl (C=O) groups excluding carboxylic acids is 1. The van der Waals surface area contributed by atoms with Gasteiger partial charge in [0.05, 0.1) is 6.61 Å². The van der Waals surface area contributed by atoms with E-state index in [2.05, 4.69) is 46.8 Å². The van der Waals surface area contributed by atoms with Gasteiger partial charge in [-0.3, -0.25) is 0 Å². The number of hydrogen-bond acceptors (Lipinski definition) is 2. The van der Waals surface area contributed by atoms with Crippen molar-refractivity contribution in [2.45, 2.75) is 64.7 Å². The van der Waals surface area contributed by atoms with Crippen LogP contribution in [-0.2, 0) is 22.0 Å². The van der Waals surface area contributed by atoms with Gasteiger partial charge in [0.2, 0.25) is 0 Å². The lowest BCUT2D eigenvalue weighted by Gasteiger charge is -2.24. The molecule has 2 nitrogen and oxygen atoms in total. The molecule has 21 heavy (non-hydrogen) atoms. The Balaban J connectivity index is 2.09. The van der Waals surface area contributed by atoms with Crippen LogP contribution in [0.1, 0.15) is 64.2 Å². The zero-order chi connectivity index (χ0) is 15.5. The van der Waals surface area contributed by atoms with Gasteiger partial charge < -0.3 is 9.53 Å². The van der Waals surface area contributed by atoms with Crippen LogP contribution >= 0.6 is 0 Å². The summed E-state index contributed by atoms with van der Waals surface area (Å²) in [6.45, 7) is 11.9. The molecule has 0 aromatic heterocycles. The molecule has 0 unspecified atom stereocenters. The quantitative estimate of drug-likeness (QED) is 0.779. The molecular weight excluding hydrogens is 260 g/mol. The highest BCUT2D eigenvalue weighted by Crippen LogP contribution is 2.49. The minimum absolute atomic E-state index is 0.0540. The van der Waals surface area contributed by atoms with Crippen LogP contribution in [0, 0.1) is 5.41 Å². The monoisotopic (exact) mass is 286 g/mol. The highest BCUT2D eigenvalue weighted by Gasteiger charge is 2.43. The van der Waals surface area contributed by atoms with E-state index in [4.69, 9.17) is 4.74 Å². The van der Waals surface area contributed by atoms with E-state index in [1.807, 2.05) is 0 Å². The van der Waals surface area contributed by atoms with Crippen LogP contribution in [0.2, 0.25) is 0 Å². The number of carbonyl (C=O) groups is 1. The Morgan fingerprint density at radius 3 is 2.43 bits per heavy atom. The normalized spacial score (nSPS) is 21.6. The van der Waals surface area contributed by atoms with Gasteiger partial charge in [0.25, 0.3) is 0 Å². The van der Waals surface area contributed by atoms with E-state index in [9.17, 15) is 4.79 Å².